The molecule has 84 valence electrons. The van der Waals surface area contributed by atoms with Gasteiger partial charge < -0.3 is 10.6 Å². The van der Waals surface area contributed by atoms with Gasteiger partial charge in [0.15, 0.2) is 0 Å². The molecule has 0 saturated carbocycles. The van der Waals surface area contributed by atoms with Crippen molar-refractivity contribution in [3.8, 4) is 0 Å². The Labute approximate surface area is 92.6 Å². The van der Waals surface area contributed by atoms with Crippen molar-refractivity contribution in [3.05, 3.63) is 0 Å². The fraction of sp³-hybridized carbons (Fsp3) is 1.00. The fourth-order valence-corrected chi connectivity index (χ4v) is 2.70. The van der Waals surface area contributed by atoms with Gasteiger partial charge in [-0.2, -0.15) is 11.8 Å². The zero-order valence-electron chi connectivity index (χ0n) is 9.37. The SMILES string of the molecule is CCSCCCN1CCCC(CN)C1. The molecule has 1 heterocycles. The number of nitrogens with zero attached hydrogens (tertiary/aromatic N) is 1. The number of hydrogen-bond donors (Lipinski definition) is 1. The first kappa shape index (κ1) is 12.3. The van der Waals surface area contributed by atoms with Crippen LogP contribution in [0, 0.1) is 5.92 Å². The fourth-order valence-electron chi connectivity index (χ4n) is 2.08. The zero-order chi connectivity index (χ0) is 10.2. The van der Waals surface area contributed by atoms with Gasteiger partial charge in [-0.05, 0) is 56.3 Å². The topological polar surface area (TPSA) is 29.3 Å². The quantitative estimate of drug-likeness (QED) is 0.687. The van der Waals surface area contributed by atoms with Crippen molar-refractivity contribution in [1.29, 1.82) is 0 Å². The molecule has 3 heteroatoms. The van der Waals surface area contributed by atoms with Crippen LogP contribution in [0.4, 0.5) is 0 Å². The van der Waals surface area contributed by atoms with Gasteiger partial charge in [0.2, 0.25) is 0 Å². The van der Waals surface area contributed by atoms with Crippen LogP contribution in [0.15, 0.2) is 0 Å². The van der Waals surface area contributed by atoms with Gasteiger partial charge in [0.25, 0.3) is 0 Å². The predicted octanol–water partition coefficient (Wildman–Crippen LogP) is 1.80. The zero-order valence-corrected chi connectivity index (χ0v) is 10.2. The van der Waals surface area contributed by atoms with Gasteiger partial charge in [-0.1, -0.05) is 6.92 Å². The number of hydrogen-bond acceptors (Lipinski definition) is 3. The summed E-state index contributed by atoms with van der Waals surface area (Å²) in [4.78, 5) is 2.59. The Balaban J connectivity index is 2.05. The minimum absolute atomic E-state index is 0.766. The van der Waals surface area contributed by atoms with Crippen LogP contribution in [0.5, 0.6) is 0 Å². The van der Waals surface area contributed by atoms with Crippen molar-refractivity contribution in [2.24, 2.45) is 11.7 Å². The van der Waals surface area contributed by atoms with Gasteiger partial charge in [-0.25, -0.2) is 0 Å². The summed E-state index contributed by atoms with van der Waals surface area (Å²) in [5.41, 5.74) is 5.71. The normalized spacial score (nSPS) is 24.0. The number of rotatable bonds is 6. The van der Waals surface area contributed by atoms with Crippen LogP contribution in [0.1, 0.15) is 26.2 Å². The third-order valence-electron chi connectivity index (χ3n) is 2.90. The van der Waals surface area contributed by atoms with Crippen molar-refractivity contribution in [2.75, 3.05) is 37.7 Å². The number of piperidine rings is 1. The van der Waals surface area contributed by atoms with Crippen LogP contribution < -0.4 is 5.73 Å². The molecule has 0 radical (unpaired) electrons. The Bertz CT molecular complexity index is 141. The van der Waals surface area contributed by atoms with Crippen LogP contribution in [-0.2, 0) is 0 Å². The molecule has 1 rings (SSSR count). The molecule has 14 heavy (non-hydrogen) atoms. The molecule has 1 saturated heterocycles. The van der Waals surface area contributed by atoms with E-state index in [9.17, 15) is 0 Å². The molecule has 0 aromatic carbocycles. The molecule has 0 aliphatic carbocycles. The molecule has 1 aliphatic heterocycles. The molecule has 1 fully saturated rings. The van der Waals surface area contributed by atoms with Crippen LogP contribution in [0.3, 0.4) is 0 Å². The van der Waals surface area contributed by atoms with Gasteiger partial charge in [0, 0.05) is 6.54 Å². The molecule has 1 unspecified atom stereocenters. The molecular formula is C11H24N2S. The number of likely N-dealkylation sites (tertiary alicyclic amines) is 1. The minimum atomic E-state index is 0.766. The minimum Gasteiger partial charge on any atom is -0.330 e. The molecule has 2 N–H and O–H groups in total. The molecule has 1 aliphatic rings. The predicted molar refractivity (Wildman–Crippen MR) is 65.8 cm³/mol. The van der Waals surface area contributed by atoms with Gasteiger partial charge in [-0.15, -0.1) is 0 Å². The average Bonchev–Trinajstić information content (AvgIpc) is 2.25. The number of thioether (sulfide) groups is 1. The third-order valence-corrected chi connectivity index (χ3v) is 3.89. The Morgan fingerprint density at radius 1 is 1.50 bits per heavy atom. The third kappa shape index (κ3) is 4.67. The van der Waals surface area contributed by atoms with E-state index in [1.54, 1.807) is 0 Å². The largest absolute Gasteiger partial charge is 0.330 e. The summed E-state index contributed by atoms with van der Waals surface area (Å²) in [6.07, 6.45) is 4.04. The lowest BCUT2D eigenvalue weighted by Gasteiger charge is -2.31. The van der Waals surface area contributed by atoms with Crippen molar-refractivity contribution in [1.82, 2.24) is 4.90 Å². The van der Waals surface area contributed by atoms with E-state index >= 15 is 0 Å². The molecule has 1 atom stereocenters. The van der Waals surface area contributed by atoms with E-state index in [1.165, 1.54) is 50.4 Å². The van der Waals surface area contributed by atoms with Crippen LogP contribution in [0.2, 0.25) is 0 Å². The van der Waals surface area contributed by atoms with E-state index in [2.05, 4.69) is 23.6 Å². The van der Waals surface area contributed by atoms with E-state index in [-0.39, 0.29) is 0 Å². The highest BCUT2D eigenvalue weighted by molar-refractivity contribution is 7.99. The van der Waals surface area contributed by atoms with Crippen LogP contribution in [-0.4, -0.2) is 42.6 Å². The molecule has 2 nitrogen and oxygen atoms in total. The highest BCUT2D eigenvalue weighted by atomic mass is 32.2. The summed E-state index contributed by atoms with van der Waals surface area (Å²) in [7, 11) is 0. The van der Waals surface area contributed by atoms with Crippen molar-refractivity contribution >= 4 is 11.8 Å². The maximum absolute atomic E-state index is 5.71. The summed E-state index contributed by atoms with van der Waals surface area (Å²) in [5, 5.41) is 0. The van der Waals surface area contributed by atoms with E-state index in [0.29, 0.717) is 0 Å². The first-order valence-electron chi connectivity index (χ1n) is 5.87. The monoisotopic (exact) mass is 216 g/mol. The van der Waals surface area contributed by atoms with Gasteiger partial charge in [-0.3, -0.25) is 0 Å². The van der Waals surface area contributed by atoms with Gasteiger partial charge in [0.05, 0.1) is 0 Å². The van der Waals surface area contributed by atoms with Crippen molar-refractivity contribution in [3.63, 3.8) is 0 Å². The summed E-state index contributed by atoms with van der Waals surface area (Å²) < 4.78 is 0. The molecule has 0 bridgehead atoms. The van der Waals surface area contributed by atoms with Crippen molar-refractivity contribution in [2.45, 2.75) is 26.2 Å². The van der Waals surface area contributed by atoms with Gasteiger partial charge >= 0.3 is 0 Å². The Morgan fingerprint density at radius 2 is 2.36 bits per heavy atom. The second kappa shape index (κ2) is 7.55. The first-order chi connectivity index (χ1) is 6.86. The second-order valence-electron chi connectivity index (χ2n) is 4.10. The highest BCUT2D eigenvalue weighted by Gasteiger charge is 2.17. The second-order valence-corrected chi connectivity index (χ2v) is 5.49. The smallest absolute Gasteiger partial charge is 0.00217 e. The maximum Gasteiger partial charge on any atom is 0.00217 e. The molecule has 0 aromatic heterocycles. The van der Waals surface area contributed by atoms with Crippen molar-refractivity contribution < 1.29 is 0 Å². The maximum atomic E-state index is 5.71. The summed E-state index contributed by atoms with van der Waals surface area (Å²) in [6.45, 7) is 6.93. The highest BCUT2D eigenvalue weighted by Crippen LogP contribution is 2.15. The standard InChI is InChI=1S/C11H24N2S/c1-2-14-8-4-7-13-6-3-5-11(9-12)10-13/h11H,2-10,12H2,1H3. The number of nitrogens with two attached hydrogens (primary N) is 1. The Hall–Kier alpha value is 0.270. The Morgan fingerprint density at radius 3 is 3.07 bits per heavy atom. The van der Waals surface area contributed by atoms with Gasteiger partial charge in [0.1, 0.15) is 0 Å². The first-order valence-corrected chi connectivity index (χ1v) is 7.02. The molecule has 0 aromatic rings. The molecular weight excluding hydrogens is 192 g/mol. The summed E-state index contributed by atoms with van der Waals surface area (Å²) in [6, 6.07) is 0. The lowest BCUT2D eigenvalue weighted by atomic mass is 9.98. The van der Waals surface area contributed by atoms with Crippen LogP contribution in [0.25, 0.3) is 0 Å². The summed E-state index contributed by atoms with van der Waals surface area (Å²) in [5.74, 6) is 3.34. The Kier molecular flexibility index (Phi) is 6.65. The lowest BCUT2D eigenvalue weighted by Crippen LogP contribution is -2.38. The van der Waals surface area contributed by atoms with E-state index in [0.717, 1.165) is 12.5 Å². The van der Waals surface area contributed by atoms with E-state index in [4.69, 9.17) is 5.73 Å². The van der Waals surface area contributed by atoms with E-state index < -0.39 is 0 Å². The summed E-state index contributed by atoms with van der Waals surface area (Å²) >= 11 is 2.05. The van der Waals surface area contributed by atoms with E-state index in [1.807, 2.05) is 0 Å². The lowest BCUT2D eigenvalue weighted by molar-refractivity contribution is 0.179. The molecule has 0 spiro atoms. The van der Waals surface area contributed by atoms with Crippen LogP contribution >= 0.6 is 11.8 Å². The average molecular weight is 216 g/mol. The molecule has 0 amide bonds.